The van der Waals surface area contributed by atoms with Crippen LogP contribution in [0.2, 0.25) is 0 Å². The van der Waals surface area contributed by atoms with E-state index in [1.165, 1.54) is 10.4 Å². The number of thiophene rings is 1. The van der Waals surface area contributed by atoms with Gasteiger partial charge in [-0.25, -0.2) is 4.79 Å². The molecule has 0 radical (unpaired) electrons. The lowest BCUT2D eigenvalue weighted by molar-refractivity contribution is 0.209. The molecule has 2 amide bonds. The van der Waals surface area contributed by atoms with Crippen molar-refractivity contribution >= 4 is 23.1 Å². The van der Waals surface area contributed by atoms with E-state index in [-0.39, 0.29) is 6.03 Å². The van der Waals surface area contributed by atoms with E-state index < -0.39 is 0 Å². The lowest BCUT2D eigenvalue weighted by atomic mass is 10.1. The van der Waals surface area contributed by atoms with Crippen molar-refractivity contribution in [2.24, 2.45) is 0 Å². The molecule has 2 aromatic rings. The Labute approximate surface area is 130 Å². The fourth-order valence-electron chi connectivity index (χ4n) is 2.26. The average Bonchev–Trinajstić information content (AvgIpc) is 3.00. The van der Waals surface area contributed by atoms with Gasteiger partial charge in [0.2, 0.25) is 0 Å². The molecule has 1 N–H and O–H groups in total. The molecule has 0 bridgehead atoms. The second kappa shape index (κ2) is 7.84. The zero-order valence-electron chi connectivity index (χ0n) is 12.6. The Kier molecular flexibility index (Phi) is 5.81. The maximum atomic E-state index is 12.5. The molecule has 0 aliphatic carbocycles. The smallest absolute Gasteiger partial charge is 0.319 e. The molecule has 0 aliphatic rings. The summed E-state index contributed by atoms with van der Waals surface area (Å²) in [5.74, 6) is 0. The van der Waals surface area contributed by atoms with Gasteiger partial charge in [0.15, 0.2) is 0 Å². The molecule has 1 aromatic heterocycles. The number of nitrogens with zero attached hydrogens (tertiary/aromatic N) is 1. The zero-order valence-corrected chi connectivity index (χ0v) is 13.5. The highest BCUT2D eigenvalue weighted by molar-refractivity contribution is 7.09. The molecule has 0 atom stereocenters. The normalized spacial score (nSPS) is 10.4. The lowest BCUT2D eigenvalue weighted by Crippen LogP contribution is -2.35. The van der Waals surface area contributed by atoms with E-state index in [1.54, 1.807) is 11.3 Å². The first-order valence-corrected chi connectivity index (χ1v) is 8.28. The van der Waals surface area contributed by atoms with Gasteiger partial charge in [-0.1, -0.05) is 38.1 Å². The van der Waals surface area contributed by atoms with Gasteiger partial charge in [0.05, 0.1) is 6.54 Å². The fraction of sp³-hybridized carbons (Fsp3) is 0.353. The highest BCUT2D eigenvalue weighted by Gasteiger charge is 2.14. The molecule has 3 nitrogen and oxygen atoms in total. The van der Waals surface area contributed by atoms with Gasteiger partial charge in [-0.15, -0.1) is 11.3 Å². The summed E-state index contributed by atoms with van der Waals surface area (Å²) in [5, 5.41) is 5.10. The van der Waals surface area contributed by atoms with Crippen LogP contribution in [-0.2, 0) is 13.0 Å². The molecule has 0 fully saturated rings. The van der Waals surface area contributed by atoms with E-state index in [9.17, 15) is 4.79 Å². The molecular weight excluding hydrogens is 280 g/mol. The van der Waals surface area contributed by atoms with Crippen molar-refractivity contribution in [3.8, 4) is 0 Å². The third-order valence-electron chi connectivity index (χ3n) is 3.35. The summed E-state index contributed by atoms with van der Waals surface area (Å²) in [4.78, 5) is 15.6. The number of carbonyl (C=O) groups excluding carboxylic acids is 1. The maximum absolute atomic E-state index is 12.5. The minimum atomic E-state index is -0.0221. The van der Waals surface area contributed by atoms with Crippen LogP contribution >= 0.6 is 11.3 Å². The summed E-state index contributed by atoms with van der Waals surface area (Å²) in [6.07, 6.45) is 1.86. The molecule has 0 spiro atoms. The Balaban J connectivity index is 2.07. The Morgan fingerprint density at radius 2 is 2.00 bits per heavy atom. The predicted octanol–water partition coefficient (Wildman–Crippen LogP) is 4.75. The number of para-hydroxylation sites is 1. The Bertz CT molecular complexity index is 566. The van der Waals surface area contributed by atoms with Gasteiger partial charge in [-0.05, 0) is 35.9 Å². The van der Waals surface area contributed by atoms with Gasteiger partial charge < -0.3 is 10.2 Å². The molecule has 1 aromatic carbocycles. The molecule has 0 saturated heterocycles. The molecule has 21 heavy (non-hydrogen) atoms. The van der Waals surface area contributed by atoms with Crippen molar-refractivity contribution in [2.75, 3.05) is 11.9 Å². The first-order valence-electron chi connectivity index (χ1n) is 7.40. The summed E-state index contributed by atoms with van der Waals surface area (Å²) < 4.78 is 0. The largest absolute Gasteiger partial charge is 0.322 e. The molecule has 0 aliphatic heterocycles. The van der Waals surface area contributed by atoms with Crippen LogP contribution in [0, 0.1) is 0 Å². The highest BCUT2D eigenvalue weighted by Crippen LogP contribution is 2.18. The van der Waals surface area contributed by atoms with Gasteiger partial charge in [0.25, 0.3) is 0 Å². The Morgan fingerprint density at radius 1 is 1.19 bits per heavy atom. The van der Waals surface area contributed by atoms with Crippen molar-refractivity contribution in [1.29, 1.82) is 0 Å². The van der Waals surface area contributed by atoms with Crippen molar-refractivity contribution in [2.45, 2.75) is 33.2 Å². The van der Waals surface area contributed by atoms with Crippen LogP contribution in [0.4, 0.5) is 10.5 Å². The number of anilines is 1. The number of aryl methyl sites for hydroxylation is 1. The van der Waals surface area contributed by atoms with Gasteiger partial charge in [0.1, 0.15) is 0 Å². The summed E-state index contributed by atoms with van der Waals surface area (Å²) in [6, 6.07) is 12.0. The molecule has 0 saturated carbocycles. The minimum Gasteiger partial charge on any atom is -0.319 e. The number of amides is 2. The third-order valence-corrected chi connectivity index (χ3v) is 4.21. The summed E-state index contributed by atoms with van der Waals surface area (Å²) in [7, 11) is 0. The second-order valence-corrected chi connectivity index (χ2v) is 5.97. The molecule has 0 unspecified atom stereocenters. The van der Waals surface area contributed by atoms with E-state index in [1.807, 2.05) is 34.5 Å². The number of hydrogen-bond donors (Lipinski definition) is 1. The maximum Gasteiger partial charge on any atom is 0.322 e. The first kappa shape index (κ1) is 15.6. The number of carbonyl (C=O) groups is 1. The fourth-order valence-corrected chi connectivity index (χ4v) is 2.98. The number of rotatable bonds is 6. The topological polar surface area (TPSA) is 32.3 Å². The zero-order chi connectivity index (χ0) is 15.1. The SMILES string of the molecule is CCCN(Cc1cccs1)C(=O)Nc1ccccc1CC. The van der Waals surface area contributed by atoms with E-state index in [4.69, 9.17) is 0 Å². The van der Waals surface area contributed by atoms with Crippen LogP contribution in [-0.4, -0.2) is 17.5 Å². The summed E-state index contributed by atoms with van der Waals surface area (Å²) in [6.45, 7) is 5.62. The van der Waals surface area contributed by atoms with Crippen LogP contribution in [0.1, 0.15) is 30.7 Å². The van der Waals surface area contributed by atoms with Gasteiger partial charge in [-0.3, -0.25) is 0 Å². The molecule has 2 rings (SSSR count). The molecule has 4 heteroatoms. The molecule has 1 heterocycles. The van der Waals surface area contributed by atoms with Gasteiger partial charge in [-0.2, -0.15) is 0 Å². The molecular formula is C17H22N2OS. The van der Waals surface area contributed by atoms with Gasteiger partial charge in [0, 0.05) is 17.1 Å². The monoisotopic (exact) mass is 302 g/mol. The van der Waals surface area contributed by atoms with Crippen LogP contribution in [0.5, 0.6) is 0 Å². The van der Waals surface area contributed by atoms with E-state index in [0.29, 0.717) is 6.54 Å². The lowest BCUT2D eigenvalue weighted by Gasteiger charge is -2.22. The average molecular weight is 302 g/mol. The van der Waals surface area contributed by atoms with Crippen molar-refractivity contribution in [3.05, 3.63) is 52.2 Å². The van der Waals surface area contributed by atoms with Crippen molar-refractivity contribution in [1.82, 2.24) is 4.90 Å². The number of urea groups is 1. The standard InChI is InChI=1S/C17H22N2OS/c1-3-11-19(13-15-9-7-12-21-15)17(20)18-16-10-6-5-8-14(16)4-2/h5-10,12H,3-4,11,13H2,1-2H3,(H,18,20). The second-order valence-electron chi connectivity index (χ2n) is 4.94. The van der Waals surface area contributed by atoms with Crippen molar-refractivity contribution < 1.29 is 4.79 Å². The number of hydrogen-bond acceptors (Lipinski definition) is 2. The van der Waals surface area contributed by atoms with Gasteiger partial charge >= 0.3 is 6.03 Å². The van der Waals surface area contributed by atoms with Crippen LogP contribution < -0.4 is 5.32 Å². The van der Waals surface area contributed by atoms with Crippen LogP contribution in [0.25, 0.3) is 0 Å². The molecule has 112 valence electrons. The Morgan fingerprint density at radius 3 is 2.67 bits per heavy atom. The summed E-state index contributed by atoms with van der Waals surface area (Å²) in [5.41, 5.74) is 2.08. The van der Waals surface area contributed by atoms with E-state index in [2.05, 4.69) is 31.3 Å². The minimum absolute atomic E-state index is 0.0221. The Hall–Kier alpha value is -1.81. The van der Waals surface area contributed by atoms with Crippen LogP contribution in [0.3, 0.4) is 0 Å². The number of benzene rings is 1. The van der Waals surface area contributed by atoms with E-state index >= 15 is 0 Å². The van der Waals surface area contributed by atoms with Crippen LogP contribution in [0.15, 0.2) is 41.8 Å². The summed E-state index contributed by atoms with van der Waals surface area (Å²) >= 11 is 1.69. The first-order chi connectivity index (χ1) is 10.2. The van der Waals surface area contributed by atoms with E-state index in [0.717, 1.165) is 25.1 Å². The highest BCUT2D eigenvalue weighted by atomic mass is 32.1. The quantitative estimate of drug-likeness (QED) is 0.820. The predicted molar refractivity (Wildman–Crippen MR) is 89.9 cm³/mol. The van der Waals surface area contributed by atoms with Crippen molar-refractivity contribution in [3.63, 3.8) is 0 Å². The number of nitrogens with one attached hydrogen (secondary N) is 1. The third kappa shape index (κ3) is 4.33.